The van der Waals surface area contributed by atoms with Crippen molar-refractivity contribution in [3.63, 3.8) is 0 Å². The van der Waals surface area contributed by atoms with E-state index in [1.54, 1.807) is 11.0 Å². The van der Waals surface area contributed by atoms with Crippen molar-refractivity contribution < 1.29 is 9.21 Å². The highest BCUT2D eigenvalue weighted by Crippen LogP contribution is 2.35. The van der Waals surface area contributed by atoms with Crippen LogP contribution in [-0.2, 0) is 0 Å². The summed E-state index contributed by atoms with van der Waals surface area (Å²) in [7, 11) is 1.85. The topological polar surface area (TPSA) is 33.5 Å². The molecule has 1 heterocycles. The summed E-state index contributed by atoms with van der Waals surface area (Å²) in [6, 6.07) is 2.02. The van der Waals surface area contributed by atoms with E-state index in [4.69, 9.17) is 4.42 Å². The molecule has 1 aromatic heterocycles. The van der Waals surface area contributed by atoms with Gasteiger partial charge in [0.15, 0.2) is 4.67 Å². The number of rotatable bonds is 3. The van der Waals surface area contributed by atoms with Crippen LogP contribution in [0.25, 0.3) is 0 Å². The van der Waals surface area contributed by atoms with E-state index in [1.165, 1.54) is 19.1 Å². The van der Waals surface area contributed by atoms with E-state index < -0.39 is 0 Å². The normalized spacial score (nSPS) is 17.5. The predicted molar refractivity (Wildman–Crippen MR) is 60.7 cm³/mol. The number of amides is 1. The van der Waals surface area contributed by atoms with Gasteiger partial charge >= 0.3 is 0 Å². The maximum Gasteiger partial charge on any atom is 0.258 e. The molecule has 1 aromatic rings. The molecule has 1 amide bonds. The van der Waals surface area contributed by atoms with Gasteiger partial charge in [0.05, 0.1) is 11.8 Å². The molecule has 4 heteroatoms. The van der Waals surface area contributed by atoms with Crippen LogP contribution in [0.5, 0.6) is 0 Å². The average molecular weight is 272 g/mol. The Balaban J connectivity index is 2.10. The molecule has 1 atom stereocenters. The molecule has 0 spiro atoms. The molecule has 1 fully saturated rings. The van der Waals surface area contributed by atoms with E-state index >= 15 is 0 Å². The molecule has 15 heavy (non-hydrogen) atoms. The van der Waals surface area contributed by atoms with E-state index in [-0.39, 0.29) is 5.91 Å². The van der Waals surface area contributed by atoms with Gasteiger partial charge in [0.2, 0.25) is 0 Å². The van der Waals surface area contributed by atoms with Crippen molar-refractivity contribution >= 4 is 21.8 Å². The van der Waals surface area contributed by atoms with Crippen LogP contribution in [0.15, 0.2) is 21.4 Å². The van der Waals surface area contributed by atoms with Gasteiger partial charge in [-0.1, -0.05) is 0 Å². The van der Waals surface area contributed by atoms with Gasteiger partial charge in [0, 0.05) is 13.1 Å². The Morgan fingerprint density at radius 1 is 1.67 bits per heavy atom. The lowest BCUT2D eigenvalue weighted by atomic mass is 10.1. The monoisotopic (exact) mass is 271 g/mol. The second kappa shape index (κ2) is 4.00. The number of hydrogen-bond acceptors (Lipinski definition) is 2. The number of halogens is 1. The van der Waals surface area contributed by atoms with Crippen LogP contribution in [0.2, 0.25) is 0 Å². The number of hydrogen-bond donors (Lipinski definition) is 0. The van der Waals surface area contributed by atoms with Crippen LogP contribution in [0.3, 0.4) is 0 Å². The lowest BCUT2D eigenvalue weighted by Gasteiger charge is -2.24. The first kappa shape index (κ1) is 10.7. The van der Waals surface area contributed by atoms with Crippen molar-refractivity contribution in [3.8, 4) is 0 Å². The SMILES string of the molecule is CC(C1CC1)N(C)C(=O)c1ccoc1Br. The molecule has 1 saturated carbocycles. The van der Waals surface area contributed by atoms with Crippen LogP contribution >= 0.6 is 15.9 Å². The predicted octanol–water partition coefficient (Wildman–Crippen LogP) is 2.91. The molecular formula is C11H14BrNO2. The third-order valence-electron chi connectivity index (χ3n) is 3.08. The molecule has 1 aliphatic carbocycles. The van der Waals surface area contributed by atoms with Crippen molar-refractivity contribution in [3.05, 3.63) is 22.6 Å². The summed E-state index contributed by atoms with van der Waals surface area (Å²) in [5.74, 6) is 0.708. The molecule has 82 valence electrons. The van der Waals surface area contributed by atoms with E-state index in [1.807, 2.05) is 7.05 Å². The second-order valence-corrected chi connectivity index (χ2v) is 4.82. The van der Waals surface area contributed by atoms with Crippen molar-refractivity contribution in [2.75, 3.05) is 7.05 Å². The van der Waals surface area contributed by atoms with E-state index in [9.17, 15) is 4.79 Å². The fourth-order valence-corrected chi connectivity index (χ4v) is 2.13. The summed E-state index contributed by atoms with van der Waals surface area (Å²) in [5.41, 5.74) is 0.602. The first-order valence-electron chi connectivity index (χ1n) is 5.11. The largest absolute Gasteiger partial charge is 0.457 e. The molecule has 1 aliphatic rings. The van der Waals surface area contributed by atoms with E-state index in [0.717, 1.165) is 0 Å². The quantitative estimate of drug-likeness (QED) is 0.847. The van der Waals surface area contributed by atoms with E-state index in [0.29, 0.717) is 22.2 Å². The van der Waals surface area contributed by atoms with Crippen molar-refractivity contribution in [1.82, 2.24) is 4.90 Å². The zero-order valence-corrected chi connectivity index (χ0v) is 10.5. The third kappa shape index (κ3) is 2.09. The minimum atomic E-state index is 0.0232. The first-order valence-corrected chi connectivity index (χ1v) is 5.90. The summed E-state index contributed by atoms with van der Waals surface area (Å²) >= 11 is 3.22. The molecule has 0 aromatic carbocycles. The van der Waals surface area contributed by atoms with Crippen molar-refractivity contribution in [2.45, 2.75) is 25.8 Å². The maximum absolute atomic E-state index is 12.0. The smallest absolute Gasteiger partial charge is 0.258 e. The third-order valence-corrected chi connectivity index (χ3v) is 3.70. The molecule has 3 nitrogen and oxygen atoms in total. The zero-order valence-electron chi connectivity index (χ0n) is 8.87. The van der Waals surface area contributed by atoms with Gasteiger partial charge in [0.1, 0.15) is 0 Å². The van der Waals surface area contributed by atoms with Gasteiger partial charge < -0.3 is 9.32 Å². The molecule has 1 unspecified atom stereocenters. The zero-order chi connectivity index (χ0) is 11.0. The van der Waals surface area contributed by atoms with Gasteiger partial charge in [-0.15, -0.1) is 0 Å². The Hall–Kier alpha value is -0.770. The van der Waals surface area contributed by atoms with E-state index in [2.05, 4.69) is 22.9 Å². The van der Waals surface area contributed by atoms with Gasteiger partial charge in [0.25, 0.3) is 5.91 Å². The van der Waals surface area contributed by atoms with Crippen LogP contribution in [0.1, 0.15) is 30.1 Å². The summed E-state index contributed by atoms with van der Waals surface area (Å²) in [6.07, 6.45) is 4.00. The van der Waals surface area contributed by atoms with Crippen molar-refractivity contribution in [1.29, 1.82) is 0 Å². The van der Waals surface area contributed by atoms with Gasteiger partial charge in [-0.25, -0.2) is 0 Å². The summed E-state index contributed by atoms with van der Waals surface area (Å²) in [6.45, 7) is 2.10. The average Bonchev–Trinajstić information content (AvgIpc) is 2.98. The minimum Gasteiger partial charge on any atom is -0.457 e. The Morgan fingerprint density at radius 2 is 2.33 bits per heavy atom. The molecule has 0 saturated heterocycles. The number of furan rings is 1. The molecule has 0 N–H and O–H groups in total. The number of nitrogens with zero attached hydrogens (tertiary/aromatic N) is 1. The van der Waals surface area contributed by atoms with Crippen molar-refractivity contribution in [2.24, 2.45) is 5.92 Å². The van der Waals surface area contributed by atoms with Crippen LogP contribution in [-0.4, -0.2) is 23.9 Å². The highest BCUT2D eigenvalue weighted by atomic mass is 79.9. The Morgan fingerprint density at radius 3 is 2.80 bits per heavy atom. The van der Waals surface area contributed by atoms with Gasteiger partial charge in [-0.05, 0) is 47.7 Å². The van der Waals surface area contributed by atoms with Crippen LogP contribution < -0.4 is 0 Å². The highest BCUT2D eigenvalue weighted by Gasteiger charge is 2.33. The molecular weight excluding hydrogens is 258 g/mol. The Bertz CT molecular complexity index is 370. The first-order chi connectivity index (χ1) is 7.11. The second-order valence-electron chi connectivity index (χ2n) is 4.10. The Kier molecular flexibility index (Phi) is 2.87. The molecule has 0 radical (unpaired) electrons. The van der Waals surface area contributed by atoms with Crippen LogP contribution in [0.4, 0.5) is 0 Å². The van der Waals surface area contributed by atoms with Crippen LogP contribution in [0, 0.1) is 5.92 Å². The fourth-order valence-electron chi connectivity index (χ4n) is 1.72. The number of carbonyl (C=O) groups excluding carboxylic acids is 1. The standard InChI is InChI=1S/C11H14BrNO2/c1-7(8-3-4-8)13(2)11(14)9-5-6-15-10(9)12/h5-8H,3-4H2,1-2H3. The fraction of sp³-hybridized carbons (Fsp3) is 0.545. The summed E-state index contributed by atoms with van der Waals surface area (Å²) in [4.78, 5) is 13.8. The lowest BCUT2D eigenvalue weighted by molar-refractivity contribution is 0.0725. The molecule has 2 rings (SSSR count). The lowest BCUT2D eigenvalue weighted by Crippen LogP contribution is -2.36. The molecule has 0 aliphatic heterocycles. The maximum atomic E-state index is 12.0. The van der Waals surface area contributed by atoms with Gasteiger partial charge in [-0.3, -0.25) is 4.79 Å². The van der Waals surface area contributed by atoms with Gasteiger partial charge in [-0.2, -0.15) is 0 Å². The molecule has 0 bridgehead atoms. The minimum absolute atomic E-state index is 0.0232. The number of carbonyl (C=O) groups is 1. The highest BCUT2D eigenvalue weighted by molar-refractivity contribution is 9.10. The Labute approximate surface area is 97.6 Å². The summed E-state index contributed by atoms with van der Waals surface area (Å²) < 4.78 is 5.58. The summed E-state index contributed by atoms with van der Waals surface area (Å²) in [5, 5.41) is 0.